The molecule has 2 atom stereocenters. The van der Waals surface area contributed by atoms with Crippen LogP contribution in [0.4, 0.5) is 18.3 Å². The van der Waals surface area contributed by atoms with Crippen LogP contribution in [-0.2, 0) is 11.0 Å². The van der Waals surface area contributed by atoms with Gasteiger partial charge in [0.05, 0.1) is 17.7 Å². The summed E-state index contributed by atoms with van der Waals surface area (Å²) >= 11 is 1.44. The third-order valence-electron chi connectivity index (χ3n) is 2.47. The second-order valence-corrected chi connectivity index (χ2v) is 5.63. The number of amides is 1. The fraction of sp³-hybridized carbons (Fsp3) is 0.556. The lowest BCUT2D eigenvalue weighted by Crippen LogP contribution is -2.34. The van der Waals surface area contributed by atoms with Crippen LogP contribution in [0, 0.1) is 5.92 Å². The van der Waals surface area contributed by atoms with E-state index in [1.54, 1.807) is 6.26 Å². The normalized spacial score (nSPS) is 22.8. The number of hydrogen-bond donors (Lipinski definition) is 2. The minimum absolute atomic E-state index is 0.0954. The van der Waals surface area contributed by atoms with Crippen molar-refractivity contribution >= 4 is 39.2 Å². The molecule has 2 rings (SSSR count). The molecular weight excluding hydrogens is 317 g/mol. The van der Waals surface area contributed by atoms with Crippen molar-refractivity contribution in [3.05, 3.63) is 5.01 Å². The van der Waals surface area contributed by atoms with Crippen LogP contribution in [-0.4, -0.2) is 45.2 Å². The molecule has 11 heteroatoms. The fourth-order valence-corrected chi connectivity index (χ4v) is 2.94. The predicted octanol–water partition coefficient (Wildman–Crippen LogP) is 1.25. The van der Waals surface area contributed by atoms with Gasteiger partial charge in [0.15, 0.2) is 0 Å². The fourth-order valence-electron chi connectivity index (χ4n) is 1.60. The number of nitrogens with one attached hydrogen (secondary N) is 1. The topological polar surface area (TPSA) is 87.5 Å². The van der Waals surface area contributed by atoms with Crippen molar-refractivity contribution in [1.82, 2.24) is 10.2 Å². The molecule has 1 aliphatic heterocycles. The Morgan fingerprint density at radius 1 is 1.50 bits per heavy atom. The molecule has 110 valence electrons. The van der Waals surface area contributed by atoms with Crippen LogP contribution in [0.1, 0.15) is 5.01 Å². The van der Waals surface area contributed by atoms with Crippen molar-refractivity contribution < 1.29 is 23.1 Å². The zero-order valence-corrected chi connectivity index (χ0v) is 11.6. The largest absolute Gasteiger partial charge is 0.445 e. The van der Waals surface area contributed by atoms with Crippen LogP contribution >= 0.6 is 23.1 Å². The molecule has 1 amide bonds. The molecule has 0 radical (unpaired) electrons. The van der Waals surface area contributed by atoms with E-state index in [1.165, 1.54) is 11.8 Å². The van der Waals surface area contributed by atoms with Crippen molar-refractivity contribution in [3.63, 3.8) is 0 Å². The molecule has 0 aliphatic carbocycles. The number of halogens is 3. The summed E-state index contributed by atoms with van der Waals surface area (Å²) in [4.78, 5) is 15.9. The maximum absolute atomic E-state index is 12.4. The smallest absolute Gasteiger partial charge is 0.390 e. The van der Waals surface area contributed by atoms with Crippen molar-refractivity contribution in [3.8, 4) is 0 Å². The molecule has 1 aromatic rings. The van der Waals surface area contributed by atoms with Crippen LogP contribution in [0.5, 0.6) is 0 Å². The van der Waals surface area contributed by atoms with E-state index in [1.807, 2.05) is 0 Å². The van der Waals surface area contributed by atoms with Gasteiger partial charge in [-0.1, -0.05) is 11.3 Å². The Balaban J connectivity index is 2.08. The Morgan fingerprint density at radius 3 is 2.75 bits per heavy atom. The van der Waals surface area contributed by atoms with Gasteiger partial charge in [-0.25, -0.2) is 0 Å². The maximum atomic E-state index is 12.4. The molecule has 0 bridgehead atoms. The second-order valence-electron chi connectivity index (χ2n) is 3.83. The Bertz CT molecular complexity index is 546. The molecular formula is C9H9F3N4O2S2. The molecule has 1 aromatic heterocycles. The van der Waals surface area contributed by atoms with E-state index < -0.39 is 29.1 Å². The number of rotatable bonds is 2. The van der Waals surface area contributed by atoms with Crippen molar-refractivity contribution in [1.29, 1.82) is 0 Å². The highest BCUT2D eigenvalue weighted by molar-refractivity contribution is 8.13. The number of aliphatic hydroxyl groups is 1. The average Bonchev–Trinajstić information content (AvgIpc) is 2.94. The van der Waals surface area contributed by atoms with Gasteiger partial charge in [-0.05, 0) is 6.26 Å². The third kappa shape index (κ3) is 3.10. The number of alkyl halides is 3. The maximum Gasteiger partial charge on any atom is 0.445 e. The van der Waals surface area contributed by atoms with E-state index >= 15 is 0 Å². The SMILES string of the molecule is CSC1=NCC(O)C1C(=O)Nc1nnc(C(F)(F)F)s1. The Hall–Kier alpha value is -1.20. The first kappa shape index (κ1) is 15.2. The molecule has 1 aliphatic rings. The summed E-state index contributed by atoms with van der Waals surface area (Å²) in [6.07, 6.45) is -3.88. The number of carbonyl (C=O) groups is 1. The summed E-state index contributed by atoms with van der Waals surface area (Å²) in [5.74, 6) is -1.53. The monoisotopic (exact) mass is 326 g/mol. The van der Waals surface area contributed by atoms with Crippen LogP contribution in [0.3, 0.4) is 0 Å². The molecule has 0 saturated carbocycles. The number of anilines is 1. The minimum Gasteiger partial charge on any atom is -0.390 e. The third-order valence-corrected chi connectivity index (χ3v) is 4.16. The predicted molar refractivity (Wildman–Crippen MR) is 68.9 cm³/mol. The van der Waals surface area contributed by atoms with E-state index in [4.69, 9.17) is 0 Å². The first-order valence-electron chi connectivity index (χ1n) is 5.31. The molecule has 20 heavy (non-hydrogen) atoms. The summed E-state index contributed by atoms with van der Waals surface area (Å²) in [6, 6.07) is 0. The van der Waals surface area contributed by atoms with Gasteiger partial charge in [-0.15, -0.1) is 22.0 Å². The van der Waals surface area contributed by atoms with E-state index in [-0.39, 0.29) is 23.0 Å². The summed E-state index contributed by atoms with van der Waals surface area (Å²) in [5.41, 5.74) is 0. The van der Waals surface area contributed by atoms with Crippen molar-refractivity contribution in [2.45, 2.75) is 12.3 Å². The number of aromatic nitrogens is 2. The van der Waals surface area contributed by atoms with Gasteiger partial charge in [0.1, 0.15) is 5.92 Å². The van der Waals surface area contributed by atoms with Gasteiger partial charge in [-0.2, -0.15) is 13.2 Å². The first-order chi connectivity index (χ1) is 9.32. The Labute approximate surface area is 119 Å². The Kier molecular flexibility index (Phi) is 4.30. The summed E-state index contributed by atoms with van der Waals surface area (Å²) < 4.78 is 37.1. The quantitative estimate of drug-likeness (QED) is 0.854. The standard InChI is InChI=1S/C9H9F3N4O2S2/c1-19-6-4(3(17)2-13-6)5(18)14-8-16-15-7(20-8)9(10,11)12/h3-4,17H,2H2,1H3,(H,14,16,18). The lowest BCUT2D eigenvalue weighted by atomic mass is 10.1. The van der Waals surface area contributed by atoms with Gasteiger partial charge in [-0.3, -0.25) is 15.1 Å². The molecule has 2 N–H and O–H groups in total. The number of hydrogen-bond acceptors (Lipinski definition) is 7. The van der Waals surface area contributed by atoms with Gasteiger partial charge in [0.25, 0.3) is 0 Å². The van der Waals surface area contributed by atoms with E-state index in [0.29, 0.717) is 5.04 Å². The summed E-state index contributed by atoms with van der Waals surface area (Å²) in [5, 5.41) is 17.1. The van der Waals surface area contributed by atoms with Gasteiger partial charge >= 0.3 is 6.18 Å². The number of carbonyl (C=O) groups excluding carboxylic acids is 1. The van der Waals surface area contributed by atoms with E-state index in [0.717, 1.165) is 0 Å². The molecule has 0 aromatic carbocycles. The van der Waals surface area contributed by atoms with Crippen LogP contribution < -0.4 is 5.32 Å². The van der Waals surface area contributed by atoms with Crippen LogP contribution in [0.2, 0.25) is 0 Å². The first-order valence-corrected chi connectivity index (χ1v) is 7.35. The lowest BCUT2D eigenvalue weighted by Gasteiger charge is -2.14. The zero-order valence-electron chi connectivity index (χ0n) is 10.0. The molecule has 2 heterocycles. The molecule has 0 saturated heterocycles. The highest BCUT2D eigenvalue weighted by atomic mass is 32.2. The zero-order chi connectivity index (χ0) is 14.9. The molecule has 0 fully saturated rings. The molecule has 2 unspecified atom stereocenters. The number of nitrogens with zero attached hydrogens (tertiary/aromatic N) is 3. The lowest BCUT2D eigenvalue weighted by molar-refractivity contribution is -0.138. The van der Waals surface area contributed by atoms with E-state index in [9.17, 15) is 23.1 Å². The number of thioether (sulfide) groups is 1. The molecule has 6 nitrogen and oxygen atoms in total. The average molecular weight is 326 g/mol. The van der Waals surface area contributed by atoms with Crippen LogP contribution in [0.25, 0.3) is 0 Å². The van der Waals surface area contributed by atoms with Crippen LogP contribution in [0.15, 0.2) is 4.99 Å². The van der Waals surface area contributed by atoms with Gasteiger partial charge in [0.2, 0.25) is 16.0 Å². The molecule has 0 spiro atoms. The summed E-state index contributed by atoms with van der Waals surface area (Å²) in [7, 11) is 0. The van der Waals surface area contributed by atoms with E-state index in [2.05, 4.69) is 20.5 Å². The minimum atomic E-state index is -4.60. The van der Waals surface area contributed by atoms with Crippen molar-refractivity contribution in [2.24, 2.45) is 10.9 Å². The van der Waals surface area contributed by atoms with Crippen molar-refractivity contribution in [2.75, 3.05) is 18.1 Å². The Morgan fingerprint density at radius 2 is 2.20 bits per heavy atom. The number of aliphatic imine (C=N–C) groups is 1. The second kappa shape index (κ2) is 5.66. The van der Waals surface area contributed by atoms with Gasteiger partial charge in [0, 0.05) is 0 Å². The van der Waals surface area contributed by atoms with Gasteiger partial charge < -0.3 is 5.11 Å². The highest BCUT2D eigenvalue weighted by Gasteiger charge is 2.38. The highest BCUT2D eigenvalue weighted by Crippen LogP contribution is 2.33. The number of aliphatic hydroxyl groups excluding tert-OH is 1. The summed E-state index contributed by atoms with van der Waals surface area (Å²) in [6.45, 7) is 0.0954.